The Balaban J connectivity index is 2.05. The van der Waals surface area contributed by atoms with Crippen molar-refractivity contribution in [2.75, 3.05) is 18.4 Å². The quantitative estimate of drug-likeness (QED) is 0.804. The molecule has 1 aliphatic carbocycles. The van der Waals surface area contributed by atoms with Gasteiger partial charge in [-0.1, -0.05) is 20.8 Å². The number of anilines is 1. The molecule has 0 bridgehead atoms. The Bertz CT molecular complexity index is 481. The minimum atomic E-state index is 0.00905. The van der Waals surface area contributed by atoms with Crippen molar-refractivity contribution >= 4 is 11.7 Å². The van der Waals surface area contributed by atoms with E-state index >= 15 is 0 Å². The molecule has 0 unspecified atom stereocenters. The molecule has 1 aromatic rings. The maximum atomic E-state index is 12.2. The Morgan fingerprint density at radius 2 is 2.10 bits per heavy atom. The fourth-order valence-corrected chi connectivity index (χ4v) is 2.03. The molecular formula is C16H25N3O. The van der Waals surface area contributed by atoms with Crippen LogP contribution in [-0.4, -0.2) is 24.0 Å². The van der Waals surface area contributed by atoms with E-state index in [1.807, 2.05) is 12.1 Å². The van der Waals surface area contributed by atoms with Crippen molar-refractivity contribution in [3.63, 3.8) is 0 Å². The summed E-state index contributed by atoms with van der Waals surface area (Å²) in [6.07, 6.45) is 4.30. The van der Waals surface area contributed by atoms with Gasteiger partial charge in [0.1, 0.15) is 5.82 Å². The number of aromatic nitrogens is 1. The van der Waals surface area contributed by atoms with Gasteiger partial charge >= 0.3 is 0 Å². The van der Waals surface area contributed by atoms with Gasteiger partial charge in [-0.05, 0) is 43.2 Å². The van der Waals surface area contributed by atoms with Gasteiger partial charge in [-0.3, -0.25) is 4.79 Å². The zero-order valence-corrected chi connectivity index (χ0v) is 12.8. The third-order valence-corrected chi connectivity index (χ3v) is 3.84. The molecule has 0 aromatic carbocycles. The standard InChI is InChI=1S/C16H25N3O/c1-4-8-17-14-10-12(9-13(5-2)19-14)15(20)18-11-16(3)6-7-16/h9-10H,4-8,11H2,1-3H3,(H,17,19)(H,18,20). The van der Waals surface area contributed by atoms with E-state index in [1.54, 1.807) is 0 Å². The van der Waals surface area contributed by atoms with Crippen LogP contribution >= 0.6 is 0 Å². The Morgan fingerprint density at radius 1 is 1.35 bits per heavy atom. The predicted molar refractivity (Wildman–Crippen MR) is 82.1 cm³/mol. The van der Waals surface area contributed by atoms with E-state index in [1.165, 1.54) is 12.8 Å². The van der Waals surface area contributed by atoms with Crippen LogP contribution in [0.15, 0.2) is 12.1 Å². The normalized spacial score (nSPS) is 15.8. The number of hydrogen-bond acceptors (Lipinski definition) is 3. The lowest BCUT2D eigenvalue weighted by atomic mass is 10.1. The highest BCUT2D eigenvalue weighted by atomic mass is 16.1. The number of pyridine rings is 1. The lowest BCUT2D eigenvalue weighted by molar-refractivity contribution is 0.0946. The first kappa shape index (κ1) is 14.8. The molecule has 1 heterocycles. The second-order valence-electron chi connectivity index (χ2n) is 6.01. The van der Waals surface area contributed by atoms with Gasteiger partial charge in [0.2, 0.25) is 0 Å². The molecule has 110 valence electrons. The zero-order valence-electron chi connectivity index (χ0n) is 12.8. The molecule has 1 saturated carbocycles. The van der Waals surface area contributed by atoms with Gasteiger partial charge in [-0.2, -0.15) is 0 Å². The maximum Gasteiger partial charge on any atom is 0.251 e. The smallest absolute Gasteiger partial charge is 0.251 e. The molecule has 0 aliphatic heterocycles. The van der Waals surface area contributed by atoms with Crippen LogP contribution in [0.4, 0.5) is 5.82 Å². The van der Waals surface area contributed by atoms with Crippen molar-refractivity contribution in [3.8, 4) is 0 Å². The highest BCUT2D eigenvalue weighted by Crippen LogP contribution is 2.44. The number of nitrogens with one attached hydrogen (secondary N) is 2. The fourth-order valence-electron chi connectivity index (χ4n) is 2.03. The van der Waals surface area contributed by atoms with Gasteiger partial charge in [0.15, 0.2) is 0 Å². The topological polar surface area (TPSA) is 54.0 Å². The van der Waals surface area contributed by atoms with Crippen LogP contribution in [0.3, 0.4) is 0 Å². The lowest BCUT2D eigenvalue weighted by Gasteiger charge is -2.12. The van der Waals surface area contributed by atoms with E-state index in [-0.39, 0.29) is 5.91 Å². The van der Waals surface area contributed by atoms with Gasteiger partial charge in [-0.25, -0.2) is 4.98 Å². The molecule has 0 radical (unpaired) electrons. The minimum Gasteiger partial charge on any atom is -0.370 e. The summed E-state index contributed by atoms with van der Waals surface area (Å²) in [4.78, 5) is 16.7. The van der Waals surface area contributed by atoms with E-state index in [0.29, 0.717) is 11.0 Å². The first-order chi connectivity index (χ1) is 9.56. The molecule has 2 N–H and O–H groups in total. The van der Waals surface area contributed by atoms with Crippen molar-refractivity contribution in [2.45, 2.75) is 46.5 Å². The molecule has 0 spiro atoms. The van der Waals surface area contributed by atoms with Crippen LogP contribution in [0.2, 0.25) is 0 Å². The van der Waals surface area contributed by atoms with E-state index in [2.05, 4.69) is 36.4 Å². The SMILES string of the molecule is CCCNc1cc(C(=O)NCC2(C)CC2)cc(CC)n1. The molecule has 4 heteroatoms. The Kier molecular flexibility index (Phi) is 4.63. The van der Waals surface area contributed by atoms with Crippen molar-refractivity contribution < 1.29 is 4.79 Å². The maximum absolute atomic E-state index is 12.2. The number of aryl methyl sites for hydroxylation is 1. The summed E-state index contributed by atoms with van der Waals surface area (Å²) in [5, 5.41) is 6.30. The van der Waals surface area contributed by atoms with E-state index < -0.39 is 0 Å². The molecule has 0 atom stereocenters. The number of rotatable bonds is 7. The Labute approximate surface area is 121 Å². The summed E-state index contributed by atoms with van der Waals surface area (Å²) in [5.74, 6) is 0.809. The summed E-state index contributed by atoms with van der Waals surface area (Å²) >= 11 is 0. The van der Waals surface area contributed by atoms with Gasteiger partial charge in [-0.15, -0.1) is 0 Å². The van der Waals surface area contributed by atoms with Crippen LogP contribution in [0.25, 0.3) is 0 Å². The Hall–Kier alpha value is -1.58. The lowest BCUT2D eigenvalue weighted by Crippen LogP contribution is -2.29. The average Bonchev–Trinajstić information content (AvgIpc) is 3.20. The highest BCUT2D eigenvalue weighted by molar-refractivity contribution is 5.95. The molecule has 1 amide bonds. The second kappa shape index (κ2) is 6.25. The zero-order chi connectivity index (χ0) is 14.6. The summed E-state index contributed by atoms with van der Waals surface area (Å²) < 4.78 is 0. The van der Waals surface area contributed by atoms with Crippen LogP contribution < -0.4 is 10.6 Å². The third-order valence-electron chi connectivity index (χ3n) is 3.84. The summed E-state index contributed by atoms with van der Waals surface area (Å²) in [7, 11) is 0. The summed E-state index contributed by atoms with van der Waals surface area (Å²) in [6, 6.07) is 3.74. The number of carbonyl (C=O) groups excluding carboxylic acids is 1. The predicted octanol–water partition coefficient (Wildman–Crippen LogP) is 3.00. The first-order valence-corrected chi connectivity index (χ1v) is 7.59. The highest BCUT2D eigenvalue weighted by Gasteiger charge is 2.37. The van der Waals surface area contributed by atoms with E-state index in [9.17, 15) is 4.79 Å². The number of carbonyl (C=O) groups is 1. The molecular weight excluding hydrogens is 250 g/mol. The van der Waals surface area contributed by atoms with Gasteiger partial charge in [0.25, 0.3) is 5.91 Å². The van der Waals surface area contributed by atoms with E-state index in [4.69, 9.17) is 0 Å². The largest absolute Gasteiger partial charge is 0.370 e. The molecule has 0 saturated heterocycles. The van der Waals surface area contributed by atoms with Crippen molar-refractivity contribution in [1.29, 1.82) is 0 Å². The molecule has 1 fully saturated rings. The molecule has 2 rings (SSSR count). The van der Waals surface area contributed by atoms with E-state index in [0.717, 1.165) is 37.4 Å². The second-order valence-corrected chi connectivity index (χ2v) is 6.01. The first-order valence-electron chi connectivity index (χ1n) is 7.59. The van der Waals surface area contributed by atoms with Crippen LogP contribution in [-0.2, 0) is 6.42 Å². The number of amides is 1. The van der Waals surface area contributed by atoms with Gasteiger partial charge in [0, 0.05) is 24.3 Å². The number of hydrogen-bond donors (Lipinski definition) is 2. The van der Waals surface area contributed by atoms with Crippen molar-refractivity contribution in [3.05, 3.63) is 23.4 Å². The summed E-state index contributed by atoms with van der Waals surface area (Å²) in [5.41, 5.74) is 1.99. The fraction of sp³-hybridized carbons (Fsp3) is 0.625. The summed E-state index contributed by atoms with van der Waals surface area (Å²) in [6.45, 7) is 8.03. The third kappa shape index (κ3) is 3.95. The van der Waals surface area contributed by atoms with Crippen molar-refractivity contribution in [2.24, 2.45) is 5.41 Å². The van der Waals surface area contributed by atoms with Gasteiger partial charge in [0.05, 0.1) is 0 Å². The Morgan fingerprint density at radius 3 is 2.70 bits per heavy atom. The van der Waals surface area contributed by atoms with Crippen LogP contribution in [0.1, 0.15) is 56.1 Å². The van der Waals surface area contributed by atoms with Gasteiger partial charge < -0.3 is 10.6 Å². The average molecular weight is 275 g/mol. The molecule has 1 aliphatic rings. The van der Waals surface area contributed by atoms with Crippen molar-refractivity contribution in [1.82, 2.24) is 10.3 Å². The van der Waals surface area contributed by atoms with Crippen LogP contribution in [0.5, 0.6) is 0 Å². The molecule has 4 nitrogen and oxygen atoms in total. The van der Waals surface area contributed by atoms with Crippen LogP contribution in [0, 0.1) is 5.41 Å². The number of nitrogens with zero attached hydrogens (tertiary/aromatic N) is 1. The molecule has 1 aromatic heterocycles. The minimum absolute atomic E-state index is 0.00905. The monoisotopic (exact) mass is 275 g/mol. The molecule has 20 heavy (non-hydrogen) atoms.